The number of nitrogens with one attached hydrogen (secondary N) is 1. The first-order valence-corrected chi connectivity index (χ1v) is 8.57. The Balaban J connectivity index is 2.05. The van der Waals surface area contributed by atoms with E-state index in [-0.39, 0.29) is 0 Å². The molecule has 0 spiro atoms. The van der Waals surface area contributed by atoms with Gasteiger partial charge in [-0.3, -0.25) is 0 Å². The van der Waals surface area contributed by atoms with Crippen LogP contribution >= 0.6 is 0 Å². The van der Waals surface area contributed by atoms with Crippen molar-refractivity contribution in [2.45, 2.75) is 70.8 Å². The number of unbranched alkanes of at least 4 members (excludes halogenated alkanes) is 1. The summed E-state index contributed by atoms with van der Waals surface area (Å²) in [5.41, 5.74) is 3.02. The fourth-order valence-electron chi connectivity index (χ4n) is 3.46. The molecule has 1 N–H and O–H groups in total. The van der Waals surface area contributed by atoms with Crippen molar-refractivity contribution in [2.75, 3.05) is 7.05 Å². The van der Waals surface area contributed by atoms with Crippen LogP contribution in [0.4, 0.5) is 0 Å². The van der Waals surface area contributed by atoms with Crippen molar-refractivity contribution in [3.8, 4) is 0 Å². The molecule has 1 aromatic rings. The molecule has 0 aliphatic heterocycles. The molecule has 0 heterocycles. The highest BCUT2D eigenvalue weighted by atomic mass is 14.9. The second-order valence-corrected chi connectivity index (χ2v) is 6.37. The Morgan fingerprint density at radius 2 is 1.85 bits per heavy atom. The van der Waals surface area contributed by atoms with Crippen molar-refractivity contribution in [3.63, 3.8) is 0 Å². The van der Waals surface area contributed by atoms with Gasteiger partial charge in [0.15, 0.2) is 0 Å². The minimum absolute atomic E-state index is 0.516. The number of hydrogen-bond acceptors (Lipinski definition) is 1. The molecule has 2 unspecified atom stereocenters. The van der Waals surface area contributed by atoms with Gasteiger partial charge in [0.05, 0.1) is 0 Å². The summed E-state index contributed by atoms with van der Waals surface area (Å²) in [7, 11) is 2.11. The molecule has 0 amide bonds. The van der Waals surface area contributed by atoms with Gasteiger partial charge in [-0.15, -0.1) is 0 Å². The number of hydrogen-bond donors (Lipinski definition) is 1. The first-order chi connectivity index (χ1) is 9.80. The topological polar surface area (TPSA) is 12.0 Å². The third kappa shape index (κ3) is 3.63. The highest BCUT2D eigenvalue weighted by molar-refractivity contribution is 5.28. The van der Waals surface area contributed by atoms with Crippen LogP contribution in [0.2, 0.25) is 0 Å². The second-order valence-electron chi connectivity index (χ2n) is 6.37. The fourth-order valence-corrected chi connectivity index (χ4v) is 3.46. The molecule has 2 rings (SSSR count). The molecule has 1 aliphatic rings. The molecule has 1 saturated carbocycles. The third-order valence-corrected chi connectivity index (χ3v) is 5.11. The predicted molar refractivity (Wildman–Crippen MR) is 88.1 cm³/mol. The van der Waals surface area contributed by atoms with Crippen LogP contribution in [0.5, 0.6) is 0 Å². The van der Waals surface area contributed by atoms with E-state index in [0.717, 1.165) is 11.8 Å². The van der Waals surface area contributed by atoms with E-state index in [4.69, 9.17) is 0 Å². The van der Waals surface area contributed by atoms with Crippen LogP contribution in [0.3, 0.4) is 0 Å². The molecule has 112 valence electrons. The van der Waals surface area contributed by atoms with Crippen LogP contribution in [0.25, 0.3) is 0 Å². The van der Waals surface area contributed by atoms with Gasteiger partial charge in [-0.1, -0.05) is 63.8 Å². The van der Waals surface area contributed by atoms with Crippen LogP contribution in [-0.4, -0.2) is 7.05 Å². The van der Waals surface area contributed by atoms with Gasteiger partial charge in [0.25, 0.3) is 0 Å². The summed E-state index contributed by atoms with van der Waals surface area (Å²) in [5.74, 6) is 1.61. The molecular formula is C19H31N. The lowest BCUT2D eigenvalue weighted by Crippen LogP contribution is -2.25. The molecule has 0 radical (unpaired) electrons. The quantitative estimate of drug-likeness (QED) is 0.666. The molecule has 20 heavy (non-hydrogen) atoms. The average molecular weight is 273 g/mol. The van der Waals surface area contributed by atoms with Crippen molar-refractivity contribution in [3.05, 3.63) is 35.4 Å². The highest BCUT2D eigenvalue weighted by Gasteiger charge is 2.22. The smallest absolute Gasteiger partial charge is 0.0346 e. The SMILES string of the molecule is CCCCC(CC)C(NC)c1ccc(C2CCC2)cc1. The molecule has 1 heteroatoms. The minimum Gasteiger partial charge on any atom is -0.313 e. The van der Waals surface area contributed by atoms with E-state index in [1.54, 1.807) is 5.56 Å². The Bertz CT molecular complexity index is 377. The highest BCUT2D eigenvalue weighted by Crippen LogP contribution is 2.37. The van der Waals surface area contributed by atoms with Crippen molar-refractivity contribution in [2.24, 2.45) is 5.92 Å². The second kappa shape index (κ2) is 7.83. The zero-order valence-electron chi connectivity index (χ0n) is 13.5. The standard InChI is InChI=1S/C19H31N/c1-4-6-8-15(5-2)19(20-3)18-13-11-17(12-14-18)16-9-7-10-16/h11-16,19-20H,4-10H2,1-3H3. The molecule has 1 fully saturated rings. The lowest BCUT2D eigenvalue weighted by Gasteiger charge is -2.28. The normalized spacial score (nSPS) is 18.6. The molecular weight excluding hydrogens is 242 g/mol. The van der Waals surface area contributed by atoms with Crippen molar-refractivity contribution >= 4 is 0 Å². The molecule has 0 saturated heterocycles. The summed E-state index contributed by atoms with van der Waals surface area (Å²) in [6, 6.07) is 9.99. The van der Waals surface area contributed by atoms with Crippen molar-refractivity contribution in [1.29, 1.82) is 0 Å². The molecule has 1 nitrogen and oxygen atoms in total. The Labute approximate surface area is 125 Å². The number of rotatable bonds is 8. The van der Waals surface area contributed by atoms with Crippen LogP contribution in [-0.2, 0) is 0 Å². The summed E-state index contributed by atoms with van der Waals surface area (Å²) >= 11 is 0. The van der Waals surface area contributed by atoms with E-state index in [0.29, 0.717) is 6.04 Å². The van der Waals surface area contributed by atoms with Gasteiger partial charge in [-0.25, -0.2) is 0 Å². The summed E-state index contributed by atoms with van der Waals surface area (Å²) in [5, 5.41) is 3.55. The average Bonchev–Trinajstić information content (AvgIpc) is 2.43. The third-order valence-electron chi connectivity index (χ3n) is 5.11. The Kier molecular flexibility index (Phi) is 6.09. The summed E-state index contributed by atoms with van der Waals surface area (Å²) < 4.78 is 0. The van der Waals surface area contributed by atoms with Crippen LogP contribution < -0.4 is 5.32 Å². The van der Waals surface area contributed by atoms with Gasteiger partial charge in [-0.05, 0) is 49.3 Å². The first kappa shape index (κ1) is 15.6. The Hall–Kier alpha value is -0.820. The molecule has 2 atom stereocenters. The number of benzene rings is 1. The van der Waals surface area contributed by atoms with E-state index in [2.05, 4.69) is 50.5 Å². The maximum atomic E-state index is 3.55. The van der Waals surface area contributed by atoms with Crippen LogP contribution in [0.1, 0.15) is 81.9 Å². The lowest BCUT2D eigenvalue weighted by atomic mass is 9.79. The van der Waals surface area contributed by atoms with E-state index in [9.17, 15) is 0 Å². The summed E-state index contributed by atoms with van der Waals surface area (Å²) in [4.78, 5) is 0. The summed E-state index contributed by atoms with van der Waals surface area (Å²) in [6.45, 7) is 4.61. The van der Waals surface area contributed by atoms with Gasteiger partial charge in [0.1, 0.15) is 0 Å². The zero-order chi connectivity index (χ0) is 14.4. The van der Waals surface area contributed by atoms with Gasteiger partial charge >= 0.3 is 0 Å². The Morgan fingerprint density at radius 1 is 1.15 bits per heavy atom. The van der Waals surface area contributed by atoms with Crippen LogP contribution in [0, 0.1) is 5.92 Å². The van der Waals surface area contributed by atoms with Crippen LogP contribution in [0.15, 0.2) is 24.3 Å². The van der Waals surface area contributed by atoms with Gasteiger partial charge in [0, 0.05) is 6.04 Å². The fraction of sp³-hybridized carbons (Fsp3) is 0.684. The molecule has 0 aromatic heterocycles. The zero-order valence-corrected chi connectivity index (χ0v) is 13.5. The van der Waals surface area contributed by atoms with E-state index in [1.807, 2.05) is 0 Å². The largest absolute Gasteiger partial charge is 0.313 e. The van der Waals surface area contributed by atoms with E-state index in [1.165, 1.54) is 50.5 Å². The summed E-state index contributed by atoms with van der Waals surface area (Å²) in [6.07, 6.45) is 9.44. The minimum atomic E-state index is 0.516. The lowest BCUT2D eigenvalue weighted by molar-refractivity contribution is 0.339. The molecule has 1 aromatic carbocycles. The maximum Gasteiger partial charge on any atom is 0.0346 e. The van der Waals surface area contributed by atoms with Crippen molar-refractivity contribution in [1.82, 2.24) is 5.32 Å². The Morgan fingerprint density at radius 3 is 2.30 bits per heavy atom. The van der Waals surface area contributed by atoms with E-state index < -0.39 is 0 Å². The van der Waals surface area contributed by atoms with Gasteiger partial charge < -0.3 is 5.32 Å². The van der Waals surface area contributed by atoms with Crippen molar-refractivity contribution < 1.29 is 0 Å². The molecule has 1 aliphatic carbocycles. The molecule has 0 bridgehead atoms. The predicted octanol–water partition coefficient (Wildman–Crippen LogP) is 5.43. The van der Waals surface area contributed by atoms with E-state index >= 15 is 0 Å². The van der Waals surface area contributed by atoms with Gasteiger partial charge in [0.2, 0.25) is 0 Å². The first-order valence-electron chi connectivity index (χ1n) is 8.57. The van der Waals surface area contributed by atoms with Gasteiger partial charge in [-0.2, -0.15) is 0 Å². The monoisotopic (exact) mass is 273 g/mol. The maximum absolute atomic E-state index is 3.55.